The molecule has 8 heteroatoms. The van der Waals surface area contributed by atoms with E-state index in [4.69, 9.17) is 0 Å². The van der Waals surface area contributed by atoms with Crippen LogP contribution in [0.25, 0.3) is 0 Å². The van der Waals surface area contributed by atoms with Crippen LogP contribution in [0.5, 0.6) is 0 Å². The number of amides is 1. The van der Waals surface area contributed by atoms with Gasteiger partial charge in [0.25, 0.3) is 0 Å². The van der Waals surface area contributed by atoms with Crippen LogP contribution < -0.4 is 4.90 Å². The molecule has 0 N–H and O–H groups in total. The lowest BCUT2D eigenvalue weighted by Gasteiger charge is -2.29. The third-order valence-corrected chi connectivity index (χ3v) is 7.98. The van der Waals surface area contributed by atoms with Gasteiger partial charge in [0.15, 0.2) is 0 Å². The fourth-order valence-electron chi connectivity index (χ4n) is 3.69. The summed E-state index contributed by atoms with van der Waals surface area (Å²) in [5.74, 6) is 0.326. The molecular formula is C20H23N3O3S2. The average molecular weight is 418 g/mol. The highest BCUT2D eigenvalue weighted by atomic mass is 32.2. The number of rotatable bonds is 5. The van der Waals surface area contributed by atoms with Crippen molar-refractivity contribution >= 4 is 33.4 Å². The van der Waals surface area contributed by atoms with Crippen LogP contribution in [0.2, 0.25) is 0 Å². The molecule has 0 atom stereocenters. The summed E-state index contributed by atoms with van der Waals surface area (Å²) in [6.07, 6.45) is 5.18. The van der Waals surface area contributed by atoms with Crippen LogP contribution in [0, 0.1) is 0 Å². The molecular weight excluding hydrogens is 394 g/mol. The molecule has 1 aromatic carbocycles. The monoisotopic (exact) mass is 417 g/mol. The molecule has 2 aromatic rings. The number of thioether (sulfide) groups is 1. The summed E-state index contributed by atoms with van der Waals surface area (Å²) in [6.45, 7) is 1.88. The number of anilines is 1. The summed E-state index contributed by atoms with van der Waals surface area (Å²) in [6, 6.07) is 11.3. The van der Waals surface area contributed by atoms with Crippen molar-refractivity contribution in [2.24, 2.45) is 0 Å². The Balaban J connectivity index is 1.40. The van der Waals surface area contributed by atoms with Gasteiger partial charge in [-0.25, -0.2) is 13.4 Å². The van der Waals surface area contributed by atoms with Crippen LogP contribution >= 0.6 is 11.8 Å². The lowest BCUT2D eigenvalue weighted by atomic mass is 10.0. The highest BCUT2D eigenvalue weighted by molar-refractivity contribution is 7.99. The van der Waals surface area contributed by atoms with Crippen molar-refractivity contribution in [2.45, 2.75) is 35.6 Å². The number of benzene rings is 1. The van der Waals surface area contributed by atoms with Gasteiger partial charge in [-0.1, -0.05) is 30.0 Å². The van der Waals surface area contributed by atoms with Crippen molar-refractivity contribution in [3.63, 3.8) is 0 Å². The zero-order chi connectivity index (χ0) is 19.6. The first-order valence-corrected chi connectivity index (χ1v) is 12.0. The molecule has 0 unspecified atom stereocenters. The van der Waals surface area contributed by atoms with E-state index in [1.165, 1.54) is 27.8 Å². The highest BCUT2D eigenvalue weighted by Crippen LogP contribution is 2.28. The largest absolute Gasteiger partial charge is 0.311 e. The molecule has 148 valence electrons. The van der Waals surface area contributed by atoms with Crippen molar-refractivity contribution in [1.82, 2.24) is 9.29 Å². The first kappa shape index (κ1) is 19.4. The molecule has 4 rings (SSSR count). The minimum absolute atomic E-state index is 0.0488. The molecule has 1 aromatic heterocycles. The second-order valence-corrected chi connectivity index (χ2v) is 9.94. The van der Waals surface area contributed by atoms with Gasteiger partial charge in [-0.2, -0.15) is 4.31 Å². The Labute approximate surface area is 170 Å². The van der Waals surface area contributed by atoms with Gasteiger partial charge in [0.05, 0.1) is 10.8 Å². The van der Waals surface area contributed by atoms with Crippen molar-refractivity contribution in [3.8, 4) is 0 Å². The lowest BCUT2D eigenvalue weighted by molar-refractivity contribution is -0.116. The first-order valence-electron chi connectivity index (χ1n) is 9.53. The number of sulfonamides is 1. The predicted octanol–water partition coefficient (Wildman–Crippen LogP) is 2.94. The van der Waals surface area contributed by atoms with Crippen molar-refractivity contribution in [2.75, 3.05) is 30.3 Å². The van der Waals surface area contributed by atoms with E-state index in [0.717, 1.165) is 37.9 Å². The Morgan fingerprint density at radius 3 is 2.57 bits per heavy atom. The van der Waals surface area contributed by atoms with E-state index < -0.39 is 10.0 Å². The molecule has 2 aliphatic rings. The number of carbonyl (C=O) groups is 1. The summed E-state index contributed by atoms with van der Waals surface area (Å²) in [4.78, 5) is 19.0. The summed E-state index contributed by atoms with van der Waals surface area (Å²) in [5.41, 5.74) is 2.21. The number of aryl methyl sites for hydroxylation is 1. The maximum Gasteiger partial charge on any atom is 0.244 e. The zero-order valence-electron chi connectivity index (χ0n) is 15.6. The van der Waals surface area contributed by atoms with E-state index in [2.05, 4.69) is 11.1 Å². The Morgan fingerprint density at radius 1 is 1.04 bits per heavy atom. The number of pyridine rings is 1. The van der Waals surface area contributed by atoms with Gasteiger partial charge in [0.2, 0.25) is 15.9 Å². The van der Waals surface area contributed by atoms with Crippen LogP contribution in [0.1, 0.15) is 24.8 Å². The molecule has 28 heavy (non-hydrogen) atoms. The van der Waals surface area contributed by atoms with E-state index in [1.54, 1.807) is 12.1 Å². The van der Waals surface area contributed by atoms with Crippen LogP contribution in [0.3, 0.4) is 0 Å². The van der Waals surface area contributed by atoms with Crippen LogP contribution in [0.4, 0.5) is 5.69 Å². The van der Waals surface area contributed by atoms with Crippen molar-refractivity contribution in [3.05, 3.63) is 48.2 Å². The Hall–Kier alpha value is -1.90. The van der Waals surface area contributed by atoms with Gasteiger partial charge in [-0.05, 0) is 49.4 Å². The lowest BCUT2D eigenvalue weighted by Crippen LogP contribution is -2.36. The number of fused-ring (bicyclic) bond motifs is 1. The highest BCUT2D eigenvalue weighted by Gasteiger charge is 2.27. The van der Waals surface area contributed by atoms with Crippen LogP contribution in [-0.4, -0.2) is 49.0 Å². The maximum atomic E-state index is 12.7. The number of hydrogen-bond donors (Lipinski definition) is 0. The number of carbonyl (C=O) groups excluding carboxylic acids is 1. The summed E-state index contributed by atoms with van der Waals surface area (Å²) in [5, 5.41) is 0.652. The van der Waals surface area contributed by atoms with E-state index in [0.29, 0.717) is 18.1 Å². The van der Waals surface area contributed by atoms with Crippen LogP contribution in [-0.2, 0) is 21.2 Å². The molecule has 1 amide bonds. The first-order chi connectivity index (χ1) is 13.6. The molecule has 0 radical (unpaired) electrons. The normalized spacial score (nSPS) is 17.5. The van der Waals surface area contributed by atoms with Gasteiger partial charge in [-0.15, -0.1) is 0 Å². The Morgan fingerprint density at radius 2 is 1.82 bits per heavy atom. The maximum absolute atomic E-state index is 12.7. The van der Waals surface area contributed by atoms with E-state index >= 15 is 0 Å². The topological polar surface area (TPSA) is 70.6 Å². The number of nitrogens with zero attached hydrogens (tertiary/aromatic N) is 3. The summed E-state index contributed by atoms with van der Waals surface area (Å²) in [7, 11) is -3.45. The number of hydrogen-bond acceptors (Lipinski definition) is 5. The molecule has 1 fully saturated rings. The van der Waals surface area contributed by atoms with Gasteiger partial charge < -0.3 is 4.90 Å². The fraction of sp³-hybridized carbons (Fsp3) is 0.400. The van der Waals surface area contributed by atoms with Gasteiger partial charge >= 0.3 is 0 Å². The van der Waals surface area contributed by atoms with Gasteiger partial charge in [0, 0.05) is 31.5 Å². The summed E-state index contributed by atoms with van der Waals surface area (Å²) < 4.78 is 26.6. The van der Waals surface area contributed by atoms with Crippen molar-refractivity contribution < 1.29 is 13.2 Å². The van der Waals surface area contributed by atoms with Crippen molar-refractivity contribution in [1.29, 1.82) is 0 Å². The Kier molecular flexibility index (Phi) is 5.70. The number of para-hydroxylation sites is 1. The SMILES string of the molecule is O=C(CSc1ccc(S(=O)(=O)N2CCCC2)cn1)N1CCCc2ccccc21. The third-order valence-electron chi connectivity index (χ3n) is 5.17. The zero-order valence-corrected chi connectivity index (χ0v) is 17.2. The Bertz CT molecular complexity index is 955. The average Bonchev–Trinajstić information content (AvgIpc) is 3.28. The molecule has 0 bridgehead atoms. The molecule has 6 nitrogen and oxygen atoms in total. The summed E-state index contributed by atoms with van der Waals surface area (Å²) >= 11 is 1.34. The molecule has 2 aliphatic heterocycles. The minimum atomic E-state index is -3.45. The third kappa shape index (κ3) is 3.94. The van der Waals surface area contributed by atoms with E-state index in [9.17, 15) is 13.2 Å². The standard InChI is InChI=1S/C20H23N3O3S2/c24-20(23-13-5-7-16-6-1-2-8-18(16)23)15-27-19-10-9-17(14-21-19)28(25,26)22-11-3-4-12-22/h1-2,6,8-10,14H,3-5,7,11-13,15H2. The van der Waals surface area contributed by atoms with Gasteiger partial charge in [-0.3, -0.25) is 4.79 Å². The molecule has 0 saturated carbocycles. The van der Waals surface area contributed by atoms with E-state index in [1.807, 2.05) is 23.1 Å². The molecule has 0 aliphatic carbocycles. The van der Waals surface area contributed by atoms with Gasteiger partial charge in [0.1, 0.15) is 4.90 Å². The molecule has 3 heterocycles. The minimum Gasteiger partial charge on any atom is -0.311 e. The van der Waals surface area contributed by atoms with E-state index in [-0.39, 0.29) is 16.6 Å². The molecule has 0 spiro atoms. The number of aromatic nitrogens is 1. The second-order valence-electron chi connectivity index (χ2n) is 7.01. The smallest absolute Gasteiger partial charge is 0.244 e. The quantitative estimate of drug-likeness (QED) is 0.700. The molecule has 1 saturated heterocycles. The predicted molar refractivity (Wildman–Crippen MR) is 110 cm³/mol. The van der Waals surface area contributed by atoms with Crippen LogP contribution in [0.15, 0.2) is 52.5 Å². The second kappa shape index (κ2) is 8.23. The fourth-order valence-corrected chi connectivity index (χ4v) is 5.87.